The van der Waals surface area contributed by atoms with Crippen LogP contribution >= 0.6 is 0 Å². The molecule has 4 N–H and O–H groups in total. The number of alkyl halides is 3. The molecule has 0 saturated heterocycles. The first-order chi connectivity index (χ1) is 7.37. The summed E-state index contributed by atoms with van der Waals surface area (Å²) >= 11 is 0. The van der Waals surface area contributed by atoms with E-state index in [1.54, 1.807) is 0 Å². The quantitative estimate of drug-likeness (QED) is 0.820. The van der Waals surface area contributed by atoms with Gasteiger partial charge >= 0.3 is 6.36 Å². The molecule has 0 spiro atoms. The molecule has 0 saturated carbocycles. The highest BCUT2D eigenvalue weighted by atomic mass is 19.4. The molecule has 0 amide bonds. The fraction of sp³-hybridized carbons (Fsp3) is 0.375. The van der Waals surface area contributed by atoms with Crippen LogP contribution in [-0.2, 0) is 6.54 Å². The van der Waals surface area contributed by atoms with Gasteiger partial charge in [0.2, 0.25) is 0 Å². The zero-order valence-corrected chi connectivity index (χ0v) is 8.34. The molecule has 8 heteroatoms. The van der Waals surface area contributed by atoms with E-state index in [0.29, 0.717) is 0 Å². The minimum Gasteiger partial charge on any atom is -0.478 e. The van der Waals surface area contributed by atoms with E-state index < -0.39 is 12.1 Å². The van der Waals surface area contributed by atoms with Gasteiger partial charge in [-0.15, -0.1) is 13.2 Å². The van der Waals surface area contributed by atoms with Crippen molar-refractivity contribution in [1.29, 1.82) is 0 Å². The fourth-order valence-corrected chi connectivity index (χ4v) is 1.04. The van der Waals surface area contributed by atoms with Crippen molar-refractivity contribution in [3.63, 3.8) is 0 Å². The van der Waals surface area contributed by atoms with E-state index in [4.69, 9.17) is 11.5 Å². The number of ether oxygens (including phenoxy) is 2. The maximum atomic E-state index is 12.0. The highest BCUT2D eigenvalue weighted by Crippen LogP contribution is 2.32. The molecule has 0 aliphatic rings. The van der Waals surface area contributed by atoms with E-state index in [9.17, 15) is 13.2 Å². The van der Waals surface area contributed by atoms with Crippen molar-refractivity contribution in [3.8, 4) is 11.6 Å². The zero-order chi connectivity index (χ0) is 12.3. The van der Waals surface area contributed by atoms with Crippen molar-refractivity contribution in [2.24, 2.45) is 5.73 Å². The van der Waals surface area contributed by atoms with Crippen LogP contribution in [0.2, 0.25) is 0 Å². The molecular formula is C8H10F3N3O2. The molecule has 0 radical (unpaired) electrons. The predicted octanol–water partition coefficient (Wildman–Crippen LogP) is 1.03. The van der Waals surface area contributed by atoms with Gasteiger partial charge in [-0.05, 0) is 6.07 Å². The lowest BCUT2D eigenvalue weighted by atomic mass is 10.2. The standard InChI is InChI=1S/C8H10F3N3O2/c1-15-7-5(16-8(9,10)11)2-4(3-12)6(13)14-7/h2H,3,12H2,1H3,(H2,13,14). The second kappa shape index (κ2) is 4.44. The first-order valence-electron chi connectivity index (χ1n) is 4.16. The summed E-state index contributed by atoms with van der Waals surface area (Å²) in [6.07, 6.45) is -4.82. The molecule has 1 aromatic heterocycles. The van der Waals surface area contributed by atoms with Gasteiger partial charge in [0.1, 0.15) is 5.82 Å². The van der Waals surface area contributed by atoms with E-state index in [0.717, 1.165) is 13.2 Å². The number of nitrogens with two attached hydrogens (primary N) is 2. The predicted molar refractivity (Wildman–Crippen MR) is 49.8 cm³/mol. The Labute approximate surface area is 89.1 Å². The SMILES string of the molecule is COc1nc(N)c(CN)cc1OC(F)(F)F. The topological polar surface area (TPSA) is 83.4 Å². The summed E-state index contributed by atoms with van der Waals surface area (Å²) in [5.41, 5.74) is 11.0. The molecule has 0 fully saturated rings. The second-order valence-electron chi connectivity index (χ2n) is 2.79. The number of aromatic nitrogens is 1. The van der Waals surface area contributed by atoms with Gasteiger partial charge in [0, 0.05) is 12.1 Å². The molecular weight excluding hydrogens is 227 g/mol. The summed E-state index contributed by atoms with van der Waals surface area (Å²) in [5.74, 6) is -0.898. The number of anilines is 1. The molecule has 5 nitrogen and oxygen atoms in total. The Balaban J connectivity index is 3.15. The van der Waals surface area contributed by atoms with Crippen LogP contribution in [0.4, 0.5) is 19.0 Å². The average molecular weight is 237 g/mol. The monoisotopic (exact) mass is 237 g/mol. The number of halogens is 3. The Morgan fingerprint density at radius 2 is 2.06 bits per heavy atom. The number of hydrogen-bond donors (Lipinski definition) is 2. The van der Waals surface area contributed by atoms with Gasteiger partial charge in [0.25, 0.3) is 5.88 Å². The molecule has 0 unspecified atom stereocenters. The smallest absolute Gasteiger partial charge is 0.478 e. The molecule has 1 rings (SSSR count). The Hall–Kier alpha value is -1.70. The number of nitrogen functional groups attached to an aromatic ring is 1. The molecule has 0 bridgehead atoms. The molecule has 1 aromatic rings. The summed E-state index contributed by atoms with van der Waals surface area (Å²) in [4.78, 5) is 3.60. The van der Waals surface area contributed by atoms with Crippen molar-refractivity contribution < 1.29 is 22.6 Å². The lowest BCUT2D eigenvalue weighted by Gasteiger charge is -2.13. The highest BCUT2D eigenvalue weighted by Gasteiger charge is 2.33. The zero-order valence-electron chi connectivity index (χ0n) is 8.34. The average Bonchev–Trinajstić information content (AvgIpc) is 2.18. The van der Waals surface area contributed by atoms with Crippen molar-refractivity contribution in [2.45, 2.75) is 12.9 Å². The van der Waals surface area contributed by atoms with Gasteiger partial charge in [0.15, 0.2) is 5.75 Å². The minimum absolute atomic E-state index is 0.00822. The Morgan fingerprint density at radius 1 is 1.44 bits per heavy atom. The summed E-state index contributed by atoms with van der Waals surface area (Å²) in [7, 11) is 1.16. The minimum atomic E-state index is -4.82. The summed E-state index contributed by atoms with van der Waals surface area (Å²) in [6, 6.07) is 1.05. The van der Waals surface area contributed by atoms with Gasteiger partial charge in [0.05, 0.1) is 7.11 Å². The van der Waals surface area contributed by atoms with Gasteiger partial charge in [-0.2, -0.15) is 4.98 Å². The van der Waals surface area contributed by atoms with Crippen LogP contribution in [0, 0.1) is 0 Å². The third-order valence-corrected chi connectivity index (χ3v) is 1.71. The third-order valence-electron chi connectivity index (χ3n) is 1.71. The Morgan fingerprint density at radius 3 is 2.50 bits per heavy atom. The van der Waals surface area contributed by atoms with E-state index in [1.165, 1.54) is 0 Å². The summed E-state index contributed by atoms with van der Waals surface area (Å²) in [6.45, 7) is -0.0446. The maximum absolute atomic E-state index is 12.0. The number of methoxy groups -OCH3 is 1. The van der Waals surface area contributed by atoms with E-state index in [2.05, 4.69) is 14.5 Å². The van der Waals surface area contributed by atoms with Crippen molar-refractivity contribution in [1.82, 2.24) is 4.98 Å². The highest BCUT2D eigenvalue weighted by molar-refractivity contribution is 5.49. The van der Waals surface area contributed by atoms with Crippen LogP contribution in [0.1, 0.15) is 5.56 Å². The van der Waals surface area contributed by atoms with Gasteiger partial charge in [-0.1, -0.05) is 0 Å². The van der Waals surface area contributed by atoms with E-state index >= 15 is 0 Å². The molecule has 0 aliphatic carbocycles. The first-order valence-corrected chi connectivity index (χ1v) is 4.16. The van der Waals surface area contributed by atoms with Crippen LogP contribution in [0.15, 0.2) is 6.07 Å². The number of nitrogens with zero attached hydrogens (tertiary/aromatic N) is 1. The van der Waals surface area contributed by atoms with Gasteiger partial charge in [-0.3, -0.25) is 0 Å². The fourth-order valence-electron chi connectivity index (χ4n) is 1.04. The van der Waals surface area contributed by atoms with Crippen LogP contribution in [0.5, 0.6) is 11.6 Å². The lowest BCUT2D eigenvalue weighted by Crippen LogP contribution is -2.18. The van der Waals surface area contributed by atoms with Crippen LogP contribution in [0.3, 0.4) is 0 Å². The van der Waals surface area contributed by atoms with E-state index in [-0.39, 0.29) is 23.8 Å². The van der Waals surface area contributed by atoms with E-state index in [1.807, 2.05) is 0 Å². The normalized spacial score (nSPS) is 11.3. The first kappa shape index (κ1) is 12.4. The van der Waals surface area contributed by atoms with Gasteiger partial charge in [-0.25, -0.2) is 0 Å². The number of hydrogen-bond acceptors (Lipinski definition) is 5. The van der Waals surface area contributed by atoms with Crippen LogP contribution < -0.4 is 20.9 Å². The molecule has 16 heavy (non-hydrogen) atoms. The molecule has 0 aromatic carbocycles. The number of rotatable bonds is 3. The van der Waals surface area contributed by atoms with Crippen LogP contribution in [-0.4, -0.2) is 18.5 Å². The summed E-state index contributed by atoms with van der Waals surface area (Å²) < 4.78 is 44.4. The lowest BCUT2D eigenvalue weighted by molar-refractivity contribution is -0.275. The maximum Gasteiger partial charge on any atom is 0.573 e. The van der Waals surface area contributed by atoms with Crippen molar-refractivity contribution >= 4 is 5.82 Å². The largest absolute Gasteiger partial charge is 0.573 e. The third kappa shape index (κ3) is 2.89. The number of pyridine rings is 1. The second-order valence-corrected chi connectivity index (χ2v) is 2.79. The molecule has 0 atom stereocenters. The Bertz CT molecular complexity index is 382. The van der Waals surface area contributed by atoms with Crippen LogP contribution in [0.25, 0.3) is 0 Å². The van der Waals surface area contributed by atoms with Crippen molar-refractivity contribution in [3.05, 3.63) is 11.6 Å². The molecule has 90 valence electrons. The summed E-state index contributed by atoms with van der Waals surface area (Å²) in [5, 5.41) is 0. The molecule has 1 heterocycles. The Kier molecular flexibility index (Phi) is 3.43. The van der Waals surface area contributed by atoms with Gasteiger partial charge < -0.3 is 20.9 Å². The molecule has 0 aliphatic heterocycles. The van der Waals surface area contributed by atoms with Crippen molar-refractivity contribution in [2.75, 3.05) is 12.8 Å².